The molecule has 21 heavy (non-hydrogen) atoms. The number of nitrogens with one attached hydrogen (secondary N) is 2. The van der Waals surface area contributed by atoms with E-state index in [1.54, 1.807) is 0 Å². The number of carbonyl (C=O) groups excluding carboxylic acids is 2. The van der Waals surface area contributed by atoms with E-state index in [4.69, 9.17) is 4.74 Å². The van der Waals surface area contributed by atoms with Crippen LogP contribution >= 0.6 is 0 Å². The van der Waals surface area contributed by atoms with Gasteiger partial charge >= 0.3 is 5.97 Å². The van der Waals surface area contributed by atoms with Crippen LogP contribution in [0.2, 0.25) is 0 Å². The molecule has 2 amide bonds. The number of rotatable bonds is 4. The van der Waals surface area contributed by atoms with Gasteiger partial charge in [-0.15, -0.1) is 0 Å². The lowest BCUT2D eigenvalue weighted by molar-refractivity contribution is -0.124. The lowest BCUT2D eigenvalue weighted by Gasteiger charge is -2.13. The molecule has 3 N–H and O–H groups in total. The summed E-state index contributed by atoms with van der Waals surface area (Å²) in [6, 6.07) is 4.27. The molecule has 1 aliphatic rings. The van der Waals surface area contributed by atoms with E-state index in [2.05, 4.69) is 10.6 Å². The second-order valence-corrected chi connectivity index (χ2v) is 4.74. The lowest BCUT2D eigenvalue weighted by atomic mass is 10.1. The Balaban J connectivity index is 2.19. The van der Waals surface area contributed by atoms with Gasteiger partial charge in [0.05, 0.1) is 11.3 Å². The summed E-state index contributed by atoms with van der Waals surface area (Å²) in [6.45, 7) is 1.86. The Bertz CT molecular complexity index is 579. The number of hydrogen-bond acceptors (Lipinski definition) is 4. The number of carbonyl (C=O) groups is 3. The summed E-state index contributed by atoms with van der Waals surface area (Å²) in [7, 11) is 0. The Hall–Kier alpha value is -2.41. The third-order valence-electron chi connectivity index (χ3n) is 3.05. The summed E-state index contributed by atoms with van der Waals surface area (Å²) in [6.07, 6.45) is 0.894. The molecule has 0 spiro atoms. The smallest absolute Gasteiger partial charge is 0.337 e. The summed E-state index contributed by atoms with van der Waals surface area (Å²) in [5.74, 6) is -1.85. The first kappa shape index (κ1) is 15.0. The van der Waals surface area contributed by atoms with Gasteiger partial charge in [0, 0.05) is 19.2 Å². The van der Waals surface area contributed by atoms with E-state index in [-0.39, 0.29) is 23.1 Å². The van der Waals surface area contributed by atoms with Crippen LogP contribution in [0, 0.1) is 0 Å². The molecule has 1 saturated heterocycles. The standard InChI is InChI=1S/C14H16N2O5/c1-8(17)15-9-4-5-11(10(7-9)14(19)20)16-13(18)12-3-2-6-21-12/h4-5,7,12H,2-3,6H2,1H3,(H,15,17)(H,16,18)(H,19,20)/t12-/m0/s1. The summed E-state index contributed by atoms with van der Waals surface area (Å²) in [5.41, 5.74) is 0.444. The highest BCUT2D eigenvalue weighted by molar-refractivity contribution is 6.03. The minimum atomic E-state index is -1.19. The third-order valence-corrected chi connectivity index (χ3v) is 3.05. The summed E-state index contributed by atoms with van der Waals surface area (Å²) >= 11 is 0. The van der Waals surface area contributed by atoms with E-state index in [0.717, 1.165) is 6.42 Å². The minimum absolute atomic E-state index is 0.0902. The summed E-state index contributed by atoms with van der Waals surface area (Å²) in [5, 5.41) is 14.3. The van der Waals surface area contributed by atoms with Crippen molar-refractivity contribution >= 4 is 29.2 Å². The van der Waals surface area contributed by atoms with Gasteiger partial charge in [0.2, 0.25) is 5.91 Å². The molecule has 0 unspecified atom stereocenters. The first-order valence-corrected chi connectivity index (χ1v) is 6.55. The van der Waals surface area contributed by atoms with Gasteiger partial charge in [-0.2, -0.15) is 0 Å². The molecule has 0 aliphatic carbocycles. The topological polar surface area (TPSA) is 105 Å². The van der Waals surface area contributed by atoms with Crippen molar-refractivity contribution in [1.82, 2.24) is 0 Å². The van der Waals surface area contributed by atoms with Crippen LogP contribution in [0.3, 0.4) is 0 Å². The molecular weight excluding hydrogens is 276 g/mol. The Kier molecular flexibility index (Phi) is 4.54. The fraction of sp³-hybridized carbons (Fsp3) is 0.357. The molecule has 1 heterocycles. The second kappa shape index (κ2) is 6.36. The Morgan fingerprint density at radius 2 is 2.05 bits per heavy atom. The van der Waals surface area contributed by atoms with E-state index >= 15 is 0 Å². The van der Waals surface area contributed by atoms with Crippen LogP contribution in [0.5, 0.6) is 0 Å². The van der Waals surface area contributed by atoms with E-state index in [1.165, 1.54) is 25.1 Å². The minimum Gasteiger partial charge on any atom is -0.478 e. The Labute approximate surface area is 121 Å². The van der Waals surface area contributed by atoms with Crippen LogP contribution in [0.1, 0.15) is 30.1 Å². The van der Waals surface area contributed by atoms with Gasteiger partial charge in [0.15, 0.2) is 0 Å². The van der Waals surface area contributed by atoms with Crippen LogP contribution in [0.4, 0.5) is 11.4 Å². The largest absolute Gasteiger partial charge is 0.478 e. The lowest BCUT2D eigenvalue weighted by Crippen LogP contribution is -2.27. The summed E-state index contributed by atoms with van der Waals surface area (Å²) < 4.78 is 5.25. The van der Waals surface area contributed by atoms with Gasteiger partial charge in [-0.1, -0.05) is 0 Å². The van der Waals surface area contributed by atoms with Crippen LogP contribution in [-0.4, -0.2) is 35.6 Å². The molecule has 0 saturated carbocycles. The van der Waals surface area contributed by atoms with Gasteiger partial charge < -0.3 is 20.5 Å². The first-order chi connectivity index (χ1) is 9.97. The van der Waals surface area contributed by atoms with Crippen LogP contribution in [0.25, 0.3) is 0 Å². The van der Waals surface area contributed by atoms with Crippen LogP contribution in [0.15, 0.2) is 18.2 Å². The fourth-order valence-corrected chi connectivity index (χ4v) is 2.11. The normalized spacial score (nSPS) is 17.3. The van der Waals surface area contributed by atoms with Gasteiger partial charge in [0.25, 0.3) is 5.91 Å². The highest BCUT2D eigenvalue weighted by atomic mass is 16.5. The molecular formula is C14H16N2O5. The number of aromatic carboxylic acids is 1. The maximum atomic E-state index is 12.0. The molecule has 7 heteroatoms. The van der Waals surface area contributed by atoms with Gasteiger partial charge in [0.1, 0.15) is 6.10 Å². The van der Waals surface area contributed by atoms with Crippen molar-refractivity contribution in [3.8, 4) is 0 Å². The highest BCUT2D eigenvalue weighted by Gasteiger charge is 2.25. The molecule has 1 atom stereocenters. The highest BCUT2D eigenvalue weighted by Crippen LogP contribution is 2.22. The molecule has 1 aromatic rings. The number of hydrogen-bond donors (Lipinski definition) is 3. The predicted molar refractivity (Wildman–Crippen MR) is 75.3 cm³/mol. The zero-order valence-electron chi connectivity index (χ0n) is 11.5. The Morgan fingerprint density at radius 1 is 1.29 bits per heavy atom. The molecule has 0 aromatic heterocycles. The molecule has 2 rings (SSSR count). The maximum absolute atomic E-state index is 12.0. The van der Waals surface area contributed by atoms with Crippen molar-refractivity contribution in [1.29, 1.82) is 0 Å². The predicted octanol–water partition coefficient (Wildman–Crippen LogP) is 1.46. The molecule has 112 valence electrons. The second-order valence-electron chi connectivity index (χ2n) is 4.74. The van der Waals surface area contributed by atoms with Gasteiger partial charge in [-0.3, -0.25) is 9.59 Å². The Morgan fingerprint density at radius 3 is 2.62 bits per heavy atom. The number of ether oxygens (including phenoxy) is 1. The monoisotopic (exact) mass is 292 g/mol. The van der Waals surface area contributed by atoms with E-state index in [1.807, 2.05) is 0 Å². The molecule has 7 nitrogen and oxygen atoms in total. The zero-order chi connectivity index (χ0) is 15.4. The number of benzene rings is 1. The fourth-order valence-electron chi connectivity index (χ4n) is 2.11. The van der Waals surface area contributed by atoms with Crippen molar-refractivity contribution in [3.63, 3.8) is 0 Å². The van der Waals surface area contributed by atoms with Crippen molar-refractivity contribution in [2.45, 2.75) is 25.9 Å². The van der Waals surface area contributed by atoms with Crippen LogP contribution in [-0.2, 0) is 14.3 Å². The molecule has 1 aromatic carbocycles. The maximum Gasteiger partial charge on any atom is 0.337 e. The number of carboxylic acid groups (broad SMARTS) is 1. The van der Waals surface area contributed by atoms with Crippen molar-refractivity contribution in [2.24, 2.45) is 0 Å². The van der Waals surface area contributed by atoms with Gasteiger partial charge in [-0.05, 0) is 31.0 Å². The zero-order valence-corrected chi connectivity index (χ0v) is 11.5. The third kappa shape index (κ3) is 3.79. The SMILES string of the molecule is CC(=O)Nc1ccc(NC(=O)[C@@H]2CCCO2)c(C(=O)O)c1. The van der Waals surface area contributed by atoms with Crippen molar-refractivity contribution in [3.05, 3.63) is 23.8 Å². The van der Waals surface area contributed by atoms with E-state index in [9.17, 15) is 19.5 Å². The quantitative estimate of drug-likeness (QED) is 0.779. The number of amides is 2. The van der Waals surface area contributed by atoms with Gasteiger partial charge in [-0.25, -0.2) is 4.79 Å². The molecule has 0 radical (unpaired) electrons. The van der Waals surface area contributed by atoms with E-state index in [0.29, 0.717) is 18.7 Å². The van der Waals surface area contributed by atoms with E-state index < -0.39 is 12.1 Å². The van der Waals surface area contributed by atoms with Crippen LogP contribution < -0.4 is 10.6 Å². The average molecular weight is 292 g/mol. The molecule has 1 aliphatic heterocycles. The van der Waals surface area contributed by atoms with Crippen molar-refractivity contribution in [2.75, 3.05) is 17.2 Å². The average Bonchev–Trinajstić information content (AvgIpc) is 2.93. The van der Waals surface area contributed by atoms with Crippen molar-refractivity contribution < 1.29 is 24.2 Å². The summed E-state index contributed by atoms with van der Waals surface area (Å²) in [4.78, 5) is 34.2. The number of carboxylic acids is 1. The molecule has 1 fully saturated rings. The molecule has 0 bridgehead atoms. The number of anilines is 2. The first-order valence-electron chi connectivity index (χ1n) is 6.55.